The van der Waals surface area contributed by atoms with Crippen molar-refractivity contribution >= 4 is 30.2 Å². The molecule has 0 aliphatic rings. The number of benzene rings is 2. The van der Waals surface area contributed by atoms with Crippen LogP contribution in [0, 0.1) is 0 Å². The van der Waals surface area contributed by atoms with Crippen molar-refractivity contribution in [2.75, 3.05) is 6.54 Å². The number of nitrogens with two attached hydrogens (primary N) is 1. The van der Waals surface area contributed by atoms with Crippen molar-refractivity contribution in [1.82, 2.24) is 10.8 Å². The van der Waals surface area contributed by atoms with E-state index in [1.54, 1.807) is 6.92 Å². The van der Waals surface area contributed by atoms with Crippen LogP contribution in [0.25, 0.3) is 0 Å². The molecule has 0 heterocycles. The van der Waals surface area contributed by atoms with Crippen LogP contribution < -0.4 is 16.5 Å². The van der Waals surface area contributed by atoms with Gasteiger partial charge in [-0.2, -0.15) is 5.48 Å². The molecule has 0 saturated heterocycles. The molecule has 0 unspecified atom stereocenters. The molecule has 0 spiro atoms. The number of unbranched alkanes of at least 4 members (excludes halogenated alkanes) is 1. The number of amides is 2. The second kappa shape index (κ2) is 15.0. The van der Waals surface area contributed by atoms with Crippen LogP contribution in [0.5, 0.6) is 0 Å². The molecule has 174 valence electrons. The van der Waals surface area contributed by atoms with Gasteiger partial charge in [-0.25, -0.2) is 4.79 Å². The normalized spacial score (nSPS) is 11.1. The molecule has 0 radical (unpaired) electrons. The lowest BCUT2D eigenvalue weighted by atomic mass is 10.0. The number of rotatable bonds is 11. The Morgan fingerprint density at radius 2 is 1.47 bits per heavy atom. The maximum atomic E-state index is 11.9. The van der Waals surface area contributed by atoms with Gasteiger partial charge in [0.25, 0.3) is 5.91 Å². The number of hydrogen-bond acceptors (Lipinski definition) is 5. The molecule has 0 aliphatic heterocycles. The monoisotopic (exact) mass is 461 g/mol. The van der Waals surface area contributed by atoms with Crippen LogP contribution in [-0.4, -0.2) is 30.4 Å². The number of hydroxylamine groups is 1. The molecule has 0 saturated carbocycles. The van der Waals surface area contributed by atoms with Crippen molar-refractivity contribution < 1.29 is 19.2 Å². The molecule has 0 aliphatic carbocycles. The summed E-state index contributed by atoms with van der Waals surface area (Å²) in [5.74, 6) is -1.40. The zero-order chi connectivity index (χ0) is 22.5. The number of carbonyl (C=O) groups is 3. The predicted molar refractivity (Wildman–Crippen MR) is 126 cm³/mol. The van der Waals surface area contributed by atoms with Crippen LogP contribution >= 0.6 is 12.4 Å². The van der Waals surface area contributed by atoms with Crippen molar-refractivity contribution in [3.8, 4) is 0 Å². The smallest absolute Gasteiger partial charge is 0.334 e. The summed E-state index contributed by atoms with van der Waals surface area (Å²) in [6.07, 6.45) is 4.37. The topological polar surface area (TPSA) is 111 Å². The van der Waals surface area contributed by atoms with E-state index in [1.807, 2.05) is 30.3 Å². The first-order chi connectivity index (χ1) is 14.9. The molecule has 1 atom stereocenters. The molecule has 4 N–H and O–H groups in total. The summed E-state index contributed by atoms with van der Waals surface area (Å²) in [7, 11) is 0. The van der Waals surface area contributed by atoms with Crippen LogP contribution in [0.4, 0.5) is 0 Å². The van der Waals surface area contributed by atoms with Crippen LogP contribution in [0.2, 0.25) is 0 Å². The standard InChI is InChI=1S/C24H31N3O4.ClH/c1-18(25)24(30)26-16-15-23(29)31-27-22(28)17-21-13-11-20(12-14-21)10-6-5-9-19-7-3-2-4-8-19;/h2-4,7-8,11-14,18H,5-6,9-10,15-17,25H2,1H3,(H,26,30)(H,27,28);1H/t18-;/m0./s1. The lowest BCUT2D eigenvalue weighted by Gasteiger charge is -2.08. The summed E-state index contributed by atoms with van der Waals surface area (Å²) in [4.78, 5) is 39.6. The first-order valence-corrected chi connectivity index (χ1v) is 10.6. The Bertz CT molecular complexity index is 842. The second-order valence-electron chi connectivity index (χ2n) is 7.51. The van der Waals surface area contributed by atoms with E-state index in [9.17, 15) is 14.4 Å². The van der Waals surface area contributed by atoms with E-state index in [2.05, 4.69) is 35.1 Å². The van der Waals surface area contributed by atoms with Gasteiger partial charge in [-0.15, -0.1) is 12.4 Å². The fourth-order valence-electron chi connectivity index (χ4n) is 2.96. The van der Waals surface area contributed by atoms with Gasteiger partial charge in [-0.1, -0.05) is 54.6 Å². The molecule has 2 aromatic carbocycles. The average molecular weight is 462 g/mol. The van der Waals surface area contributed by atoms with Gasteiger partial charge in [0.2, 0.25) is 5.91 Å². The van der Waals surface area contributed by atoms with E-state index in [0.717, 1.165) is 31.2 Å². The second-order valence-corrected chi connectivity index (χ2v) is 7.51. The minimum atomic E-state index is -0.642. The number of nitrogens with one attached hydrogen (secondary N) is 2. The molecular formula is C24H32ClN3O4. The van der Waals surface area contributed by atoms with Crippen LogP contribution in [0.1, 0.15) is 42.9 Å². The van der Waals surface area contributed by atoms with Crippen LogP contribution in [0.15, 0.2) is 54.6 Å². The summed E-state index contributed by atoms with van der Waals surface area (Å²) in [5, 5.41) is 2.49. The quantitative estimate of drug-likeness (QED) is 0.352. The molecule has 2 rings (SSSR count). The number of hydrogen-bond donors (Lipinski definition) is 3. The third kappa shape index (κ3) is 10.9. The molecule has 8 heteroatoms. The lowest BCUT2D eigenvalue weighted by molar-refractivity contribution is -0.158. The third-order valence-electron chi connectivity index (χ3n) is 4.73. The van der Waals surface area contributed by atoms with Gasteiger partial charge in [0.05, 0.1) is 18.9 Å². The number of carbonyl (C=O) groups excluding carboxylic acids is 3. The Labute approximate surface area is 195 Å². The van der Waals surface area contributed by atoms with Crippen molar-refractivity contribution in [1.29, 1.82) is 0 Å². The maximum Gasteiger partial charge on any atom is 0.334 e. The number of aryl methyl sites for hydroxylation is 2. The minimum Gasteiger partial charge on any atom is -0.354 e. The highest BCUT2D eigenvalue weighted by atomic mass is 35.5. The maximum absolute atomic E-state index is 11.9. The fourth-order valence-corrected chi connectivity index (χ4v) is 2.96. The van der Waals surface area contributed by atoms with Crippen molar-refractivity contribution in [3.05, 3.63) is 71.3 Å². The van der Waals surface area contributed by atoms with Gasteiger partial charge in [0, 0.05) is 6.54 Å². The summed E-state index contributed by atoms with van der Waals surface area (Å²) < 4.78 is 0. The van der Waals surface area contributed by atoms with Gasteiger partial charge in [0.1, 0.15) is 0 Å². The Morgan fingerprint density at radius 1 is 0.906 bits per heavy atom. The molecule has 7 nitrogen and oxygen atoms in total. The molecular weight excluding hydrogens is 430 g/mol. The Hall–Kier alpha value is -2.90. The SMILES string of the molecule is C[C@H](N)C(=O)NCCC(=O)ONC(=O)Cc1ccc(CCCCc2ccccc2)cc1.Cl. The van der Waals surface area contributed by atoms with Crippen LogP contribution in [-0.2, 0) is 38.5 Å². The lowest BCUT2D eigenvalue weighted by Crippen LogP contribution is -2.39. The van der Waals surface area contributed by atoms with E-state index < -0.39 is 17.9 Å². The van der Waals surface area contributed by atoms with E-state index in [4.69, 9.17) is 10.6 Å². The van der Waals surface area contributed by atoms with E-state index in [0.29, 0.717) is 0 Å². The highest BCUT2D eigenvalue weighted by Crippen LogP contribution is 2.11. The first-order valence-electron chi connectivity index (χ1n) is 10.6. The summed E-state index contributed by atoms with van der Waals surface area (Å²) in [5.41, 5.74) is 11.0. The van der Waals surface area contributed by atoms with E-state index >= 15 is 0 Å². The van der Waals surface area contributed by atoms with Gasteiger partial charge >= 0.3 is 5.97 Å². The average Bonchev–Trinajstić information content (AvgIpc) is 2.77. The zero-order valence-corrected chi connectivity index (χ0v) is 19.2. The molecule has 0 aromatic heterocycles. The Morgan fingerprint density at radius 3 is 2.06 bits per heavy atom. The minimum absolute atomic E-state index is 0. The van der Waals surface area contributed by atoms with Gasteiger partial charge in [-0.3, -0.25) is 9.59 Å². The largest absolute Gasteiger partial charge is 0.354 e. The Balaban J connectivity index is 0.00000512. The molecule has 2 amide bonds. The van der Waals surface area contributed by atoms with Crippen molar-refractivity contribution in [2.24, 2.45) is 5.73 Å². The summed E-state index contributed by atoms with van der Waals surface area (Å²) in [6, 6.07) is 17.7. The fraction of sp³-hybridized carbons (Fsp3) is 0.375. The third-order valence-corrected chi connectivity index (χ3v) is 4.73. The van der Waals surface area contributed by atoms with Crippen molar-refractivity contribution in [2.45, 2.75) is 51.5 Å². The van der Waals surface area contributed by atoms with Gasteiger partial charge in [-0.05, 0) is 49.3 Å². The zero-order valence-electron chi connectivity index (χ0n) is 18.3. The van der Waals surface area contributed by atoms with Gasteiger partial charge in [0.15, 0.2) is 0 Å². The van der Waals surface area contributed by atoms with Gasteiger partial charge < -0.3 is 15.9 Å². The molecule has 0 fully saturated rings. The van der Waals surface area contributed by atoms with E-state index in [1.165, 1.54) is 11.1 Å². The molecule has 32 heavy (non-hydrogen) atoms. The highest BCUT2D eigenvalue weighted by molar-refractivity contribution is 5.85. The number of halogens is 1. The summed E-state index contributed by atoms with van der Waals surface area (Å²) >= 11 is 0. The van der Waals surface area contributed by atoms with E-state index in [-0.39, 0.29) is 37.7 Å². The summed E-state index contributed by atoms with van der Waals surface area (Å²) in [6.45, 7) is 1.65. The predicted octanol–water partition coefficient (Wildman–Crippen LogP) is 2.64. The Kier molecular flexibility index (Phi) is 12.7. The van der Waals surface area contributed by atoms with Crippen molar-refractivity contribution in [3.63, 3.8) is 0 Å². The molecule has 0 bridgehead atoms. The molecule has 2 aromatic rings. The first kappa shape index (κ1) is 27.1. The highest BCUT2D eigenvalue weighted by Gasteiger charge is 2.10. The van der Waals surface area contributed by atoms with Crippen LogP contribution in [0.3, 0.4) is 0 Å².